The lowest BCUT2D eigenvalue weighted by Crippen LogP contribution is -2.19. The molecule has 0 spiro atoms. The van der Waals surface area contributed by atoms with Crippen molar-refractivity contribution in [2.24, 2.45) is 0 Å². The molecular formula is C24H22N4O3S. The van der Waals surface area contributed by atoms with Crippen LogP contribution in [-0.4, -0.2) is 26.5 Å². The van der Waals surface area contributed by atoms with Crippen LogP contribution in [0.2, 0.25) is 0 Å². The van der Waals surface area contributed by atoms with Crippen molar-refractivity contribution in [2.45, 2.75) is 26.7 Å². The Bertz CT molecular complexity index is 1320. The number of H-pyrrole nitrogens is 1. The van der Waals surface area contributed by atoms with E-state index in [1.165, 1.54) is 22.9 Å². The molecule has 162 valence electrons. The number of aryl methyl sites for hydroxylation is 1. The van der Waals surface area contributed by atoms with Crippen molar-refractivity contribution in [1.82, 2.24) is 14.8 Å². The smallest absolute Gasteiger partial charge is 0.276 e. The van der Waals surface area contributed by atoms with Gasteiger partial charge in [0.2, 0.25) is 11.0 Å². The van der Waals surface area contributed by atoms with Gasteiger partial charge in [-0.15, -0.1) is 11.3 Å². The molecule has 8 heteroatoms. The van der Waals surface area contributed by atoms with Crippen molar-refractivity contribution >= 4 is 28.7 Å². The summed E-state index contributed by atoms with van der Waals surface area (Å²) in [4.78, 5) is 41.2. The highest BCUT2D eigenvalue weighted by atomic mass is 32.1. The zero-order chi connectivity index (χ0) is 22.7. The van der Waals surface area contributed by atoms with E-state index in [1.807, 2.05) is 42.6 Å². The number of aromatic amines is 1. The van der Waals surface area contributed by atoms with Gasteiger partial charge in [0, 0.05) is 39.9 Å². The number of Topliss-reactive ketones (excluding diaryl/α,β-unsaturated/α-hetero) is 1. The number of ketones is 1. The lowest BCUT2D eigenvalue weighted by Gasteiger charge is -2.05. The number of anilines is 1. The lowest BCUT2D eigenvalue weighted by molar-refractivity contribution is -0.116. The molecule has 2 aromatic heterocycles. The molecule has 2 N–H and O–H groups in total. The number of benzene rings is 2. The van der Waals surface area contributed by atoms with E-state index >= 15 is 0 Å². The van der Waals surface area contributed by atoms with Gasteiger partial charge in [-0.3, -0.25) is 19.5 Å². The number of carbonyl (C=O) groups excluding carboxylic acids is 2. The van der Waals surface area contributed by atoms with Crippen molar-refractivity contribution in [1.29, 1.82) is 0 Å². The third kappa shape index (κ3) is 4.60. The highest BCUT2D eigenvalue weighted by molar-refractivity contribution is 7.12. The molecule has 2 aromatic carbocycles. The van der Waals surface area contributed by atoms with Crippen LogP contribution < -0.4 is 10.9 Å². The fourth-order valence-electron chi connectivity index (χ4n) is 3.37. The van der Waals surface area contributed by atoms with Gasteiger partial charge in [-0.1, -0.05) is 30.3 Å². The SMILES string of the molecule is CC(=O)c1ccc(NC(=O)CCc2c(C)[nH]n(-c3nc(-c4ccccc4)cs3)c2=O)cc1. The molecule has 0 fully saturated rings. The molecule has 0 saturated heterocycles. The number of nitrogens with zero attached hydrogens (tertiary/aromatic N) is 2. The number of hydrogen-bond donors (Lipinski definition) is 2. The van der Waals surface area contributed by atoms with E-state index in [0.717, 1.165) is 11.3 Å². The molecule has 7 nitrogen and oxygen atoms in total. The van der Waals surface area contributed by atoms with Gasteiger partial charge < -0.3 is 5.32 Å². The molecule has 0 bridgehead atoms. The summed E-state index contributed by atoms with van der Waals surface area (Å²) in [7, 11) is 0. The summed E-state index contributed by atoms with van der Waals surface area (Å²) in [6.45, 7) is 3.31. The van der Waals surface area contributed by atoms with Gasteiger partial charge in [0.1, 0.15) is 0 Å². The van der Waals surface area contributed by atoms with Gasteiger partial charge in [0.15, 0.2) is 5.78 Å². The van der Waals surface area contributed by atoms with Crippen molar-refractivity contribution in [3.05, 3.63) is 87.2 Å². The van der Waals surface area contributed by atoms with E-state index in [9.17, 15) is 14.4 Å². The van der Waals surface area contributed by atoms with E-state index in [1.54, 1.807) is 24.3 Å². The Kier molecular flexibility index (Phi) is 6.13. The summed E-state index contributed by atoms with van der Waals surface area (Å²) in [5.74, 6) is -0.231. The summed E-state index contributed by atoms with van der Waals surface area (Å²) >= 11 is 1.38. The van der Waals surface area contributed by atoms with Crippen LogP contribution >= 0.6 is 11.3 Å². The predicted octanol–water partition coefficient (Wildman–Crippen LogP) is 4.37. The monoisotopic (exact) mass is 446 g/mol. The number of amides is 1. The van der Waals surface area contributed by atoms with Crippen LogP contribution in [0.3, 0.4) is 0 Å². The van der Waals surface area contributed by atoms with Crippen LogP contribution in [0.15, 0.2) is 64.8 Å². The van der Waals surface area contributed by atoms with Crippen LogP contribution in [-0.2, 0) is 11.2 Å². The Labute approximate surface area is 188 Å². The number of carbonyl (C=O) groups is 2. The molecule has 0 saturated carbocycles. The van der Waals surface area contributed by atoms with E-state index < -0.39 is 0 Å². The molecule has 0 unspecified atom stereocenters. The van der Waals surface area contributed by atoms with Gasteiger partial charge in [-0.2, -0.15) is 4.68 Å². The highest BCUT2D eigenvalue weighted by Crippen LogP contribution is 2.23. The minimum Gasteiger partial charge on any atom is -0.326 e. The minimum atomic E-state index is -0.201. The molecule has 0 aliphatic heterocycles. The maximum absolute atomic E-state index is 12.9. The standard InChI is InChI=1S/C24H22N4O3S/c1-15-20(12-13-22(30)25-19-10-8-17(9-11-19)16(2)29)23(31)28(27-15)24-26-21(14-32-24)18-6-4-3-5-7-18/h3-11,14,27H,12-13H2,1-2H3,(H,25,30). The predicted molar refractivity (Wildman–Crippen MR) is 126 cm³/mol. The first kappa shape index (κ1) is 21.5. The third-order valence-electron chi connectivity index (χ3n) is 5.12. The first-order valence-corrected chi connectivity index (χ1v) is 11.0. The molecular weight excluding hydrogens is 424 g/mol. The normalized spacial score (nSPS) is 10.8. The summed E-state index contributed by atoms with van der Waals surface area (Å²) in [6, 6.07) is 16.5. The van der Waals surface area contributed by atoms with Gasteiger partial charge in [0.25, 0.3) is 5.56 Å². The van der Waals surface area contributed by atoms with Crippen molar-refractivity contribution in [2.75, 3.05) is 5.32 Å². The second kappa shape index (κ2) is 9.15. The molecule has 0 aliphatic carbocycles. The first-order chi connectivity index (χ1) is 15.4. The van der Waals surface area contributed by atoms with Gasteiger partial charge in [0.05, 0.1) is 5.69 Å². The number of nitrogens with one attached hydrogen (secondary N) is 2. The fraction of sp³-hybridized carbons (Fsp3) is 0.167. The van der Waals surface area contributed by atoms with Crippen molar-refractivity contribution in [3.8, 4) is 16.4 Å². The van der Waals surface area contributed by atoms with Crippen molar-refractivity contribution in [3.63, 3.8) is 0 Å². The molecule has 2 heterocycles. The molecule has 4 aromatic rings. The molecule has 1 amide bonds. The van der Waals surface area contributed by atoms with Gasteiger partial charge >= 0.3 is 0 Å². The van der Waals surface area contributed by atoms with Gasteiger partial charge in [-0.05, 0) is 44.5 Å². The molecule has 0 atom stereocenters. The number of thiazole rings is 1. The molecule has 4 rings (SSSR count). The summed E-state index contributed by atoms with van der Waals surface area (Å²) < 4.78 is 1.43. The number of hydrogen-bond acceptors (Lipinski definition) is 5. The second-order valence-corrected chi connectivity index (χ2v) is 8.26. The Hall–Kier alpha value is -3.78. The van der Waals surface area contributed by atoms with Crippen LogP contribution in [0.25, 0.3) is 16.4 Å². The van der Waals surface area contributed by atoms with E-state index in [4.69, 9.17) is 0 Å². The number of rotatable bonds is 7. The Balaban J connectivity index is 1.44. The molecule has 32 heavy (non-hydrogen) atoms. The van der Waals surface area contributed by atoms with Crippen LogP contribution in [0, 0.1) is 6.92 Å². The quantitative estimate of drug-likeness (QED) is 0.412. The largest absolute Gasteiger partial charge is 0.326 e. The van der Waals surface area contributed by atoms with Gasteiger partial charge in [-0.25, -0.2) is 4.98 Å². The maximum atomic E-state index is 12.9. The topological polar surface area (TPSA) is 96.8 Å². The van der Waals surface area contributed by atoms with Crippen molar-refractivity contribution < 1.29 is 9.59 Å². The Morgan fingerprint density at radius 2 is 1.81 bits per heavy atom. The van der Waals surface area contributed by atoms with Crippen LogP contribution in [0.5, 0.6) is 0 Å². The fourth-order valence-corrected chi connectivity index (χ4v) is 4.16. The van der Waals surface area contributed by atoms with E-state index in [-0.39, 0.29) is 23.7 Å². The first-order valence-electron chi connectivity index (χ1n) is 10.1. The summed E-state index contributed by atoms with van der Waals surface area (Å²) in [6.07, 6.45) is 0.470. The summed E-state index contributed by atoms with van der Waals surface area (Å²) in [5.41, 5.74) is 4.06. The van der Waals surface area contributed by atoms with E-state index in [0.29, 0.717) is 34.1 Å². The average molecular weight is 447 g/mol. The average Bonchev–Trinajstić information content (AvgIpc) is 3.38. The Morgan fingerprint density at radius 3 is 2.50 bits per heavy atom. The van der Waals surface area contributed by atoms with Crippen LogP contribution in [0.4, 0.5) is 5.69 Å². The highest BCUT2D eigenvalue weighted by Gasteiger charge is 2.16. The maximum Gasteiger partial charge on any atom is 0.276 e. The summed E-state index contributed by atoms with van der Waals surface area (Å²) in [5, 5.41) is 8.34. The number of aromatic nitrogens is 3. The minimum absolute atomic E-state index is 0.0294. The zero-order valence-electron chi connectivity index (χ0n) is 17.7. The second-order valence-electron chi connectivity index (χ2n) is 7.42. The lowest BCUT2D eigenvalue weighted by atomic mass is 10.1. The molecule has 0 aliphatic rings. The molecule has 0 radical (unpaired) electrons. The zero-order valence-corrected chi connectivity index (χ0v) is 18.5. The third-order valence-corrected chi connectivity index (χ3v) is 5.95. The van der Waals surface area contributed by atoms with E-state index in [2.05, 4.69) is 15.4 Å². The Morgan fingerprint density at radius 1 is 1.09 bits per heavy atom. The van der Waals surface area contributed by atoms with Crippen LogP contribution in [0.1, 0.15) is 35.0 Å².